The quantitative estimate of drug-likeness (QED) is 0.758. The van der Waals surface area contributed by atoms with E-state index in [-0.39, 0.29) is 11.3 Å². The molecule has 2 amide bonds. The lowest BCUT2D eigenvalue weighted by Gasteiger charge is -2.17. The van der Waals surface area contributed by atoms with Crippen LogP contribution in [0.25, 0.3) is 0 Å². The van der Waals surface area contributed by atoms with E-state index < -0.39 is 24.5 Å². The van der Waals surface area contributed by atoms with Crippen molar-refractivity contribution in [1.82, 2.24) is 10.9 Å². The van der Waals surface area contributed by atoms with Crippen LogP contribution in [0.1, 0.15) is 28.4 Å². The van der Waals surface area contributed by atoms with Crippen LogP contribution in [0.15, 0.2) is 42.5 Å². The number of rotatable bonds is 6. The van der Waals surface area contributed by atoms with Crippen molar-refractivity contribution < 1.29 is 27.8 Å². The topological polar surface area (TPSA) is 76.7 Å². The number of amides is 2. The molecular formula is C19H20F2N2O4. The van der Waals surface area contributed by atoms with Gasteiger partial charge in [-0.05, 0) is 56.2 Å². The summed E-state index contributed by atoms with van der Waals surface area (Å²) in [4.78, 5) is 24.2. The minimum absolute atomic E-state index is 0.0524. The van der Waals surface area contributed by atoms with Gasteiger partial charge >= 0.3 is 6.61 Å². The molecule has 0 bridgehead atoms. The maximum atomic E-state index is 12.2. The highest BCUT2D eigenvalue weighted by molar-refractivity contribution is 5.96. The number of halogens is 2. The van der Waals surface area contributed by atoms with Crippen molar-refractivity contribution in [2.45, 2.75) is 33.5 Å². The second kappa shape index (κ2) is 8.98. The fourth-order valence-corrected chi connectivity index (χ4v) is 2.20. The summed E-state index contributed by atoms with van der Waals surface area (Å²) in [5.41, 5.74) is 6.45. The fourth-order valence-electron chi connectivity index (χ4n) is 2.20. The van der Waals surface area contributed by atoms with Crippen LogP contribution in [-0.4, -0.2) is 24.5 Å². The van der Waals surface area contributed by atoms with Gasteiger partial charge in [-0.25, -0.2) is 0 Å². The standard InChI is InChI=1S/C19H20F2N2O4/c1-11-6-4-9-16(12(11)2)26-13(3)17(24)22-23-18(25)14-7-5-8-15(10-14)27-19(20)21/h4-10,13,19H,1-3H3,(H,22,24)(H,23,25). The van der Waals surface area contributed by atoms with Gasteiger partial charge in [-0.1, -0.05) is 18.2 Å². The predicted octanol–water partition coefficient (Wildman–Crippen LogP) is 3.13. The maximum Gasteiger partial charge on any atom is 0.387 e. The Labute approximate surface area is 155 Å². The minimum atomic E-state index is -2.99. The lowest BCUT2D eigenvalue weighted by atomic mass is 10.1. The summed E-state index contributed by atoms with van der Waals surface area (Å²) in [6.45, 7) is 2.36. The van der Waals surface area contributed by atoms with Crippen molar-refractivity contribution in [1.29, 1.82) is 0 Å². The van der Waals surface area contributed by atoms with Crippen molar-refractivity contribution in [3.8, 4) is 11.5 Å². The van der Waals surface area contributed by atoms with E-state index in [9.17, 15) is 18.4 Å². The molecule has 0 aliphatic rings. The Morgan fingerprint density at radius 2 is 1.70 bits per heavy atom. The number of alkyl halides is 2. The Hall–Kier alpha value is -3.16. The van der Waals surface area contributed by atoms with E-state index in [0.29, 0.717) is 5.75 Å². The number of aryl methyl sites for hydroxylation is 1. The van der Waals surface area contributed by atoms with E-state index in [1.165, 1.54) is 18.2 Å². The van der Waals surface area contributed by atoms with E-state index in [2.05, 4.69) is 15.6 Å². The van der Waals surface area contributed by atoms with Crippen LogP contribution in [-0.2, 0) is 4.79 Å². The molecule has 0 aliphatic heterocycles. The number of carbonyl (C=O) groups is 2. The van der Waals surface area contributed by atoms with Gasteiger partial charge < -0.3 is 9.47 Å². The summed E-state index contributed by atoms with van der Waals surface area (Å²) in [6, 6.07) is 10.7. The highest BCUT2D eigenvalue weighted by Crippen LogP contribution is 2.21. The van der Waals surface area contributed by atoms with Crippen LogP contribution in [0.2, 0.25) is 0 Å². The van der Waals surface area contributed by atoms with Gasteiger partial charge in [-0.3, -0.25) is 20.4 Å². The van der Waals surface area contributed by atoms with Crippen LogP contribution in [0.3, 0.4) is 0 Å². The third-order valence-electron chi connectivity index (χ3n) is 3.85. The summed E-state index contributed by atoms with van der Waals surface area (Å²) >= 11 is 0. The molecule has 2 N–H and O–H groups in total. The summed E-state index contributed by atoms with van der Waals surface area (Å²) in [5.74, 6) is -0.831. The van der Waals surface area contributed by atoms with E-state index in [0.717, 1.165) is 17.2 Å². The number of carbonyl (C=O) groups excluding carboxylic acids is 2. The van der Waals surface area contributed by atoms with Gasteiger partial charge in [0.05, 0.1) is 0 Å². The molecule has 0 radical (unpaired) electrons. The van der Waals surface area contributed by atoms with Gasteiger partial charge in [0.1, 0.15) is 11.5 Å². The van der Waals surface area contributed by atoms with Crippen LogP contribution in [0.4, 0.5) is 8.78 Å². The van der Waals surface area contributed by atoms with E-state index in [4.69, 9.17) is 4.74 Å². The van der Waals surface area contributed by atoms with Gasteiger partial charge in [0.2, 0.25) is 0 Å². The van der Waals surface area contributed by atoms with Gasteiger partial charge in [0.25, 0.3) is 11.8 Å². The second-order valence-corrected chi connectivity index (χ2v) is 5.81. The first-order valence-corrected chi connectivity index (χ1v) is 8.16. The summed E-state index contributed by atoms with van der Waals surface area (Å²) in [6.07, 6.45) is -0.862. The molecule has 8 heteroatoms. The van der Waals surface area contributed by atoms with Gasteiger partial charge in [0.15, 0.2) is 6.10 Å². The third-order valence-corrected chi connectivity index (χ3v) is 3.85. The zero-order chi connectivity index (χ0) is 20.0. The molecule has 2 rings (SSSR count). The van der Waals surface area contributed by atoms with Crippen LogP contribution in [0, 0.1) is 13.8 Å². The van der Waals surface area contributed by atoms with Crippen LogP contribution < -0.4 is 20.3 Å². The number of hydrogen-bond donors (Lipinski definition) is 2. The molecule has 6 nitrogen and oxygen atoms in total. The Bertz CT molecular complexity index is 827. The van der Waals surface area contributed by atoms with Gasteiger partial charge in [-0.15, -0.1) is 0 Å². The van der Waals surface area contributed by atoms with E-state index in [1.54, 1.807) is 13.0 Å². The number of nitrogens with one attached hydrogen (secondary N) is 2. The molecule has 2 aromatic carbocycles. The molecule has 144 valence electrons. The van der Waals surface area contributed by atoms with E-state index >= 15 is 0 Å². The second-order valence-electron chi connectivity index (χ2n) is 5.81. The SMILES string of the molecule is Cc1cccc(OC(C)C(=O)NNC(=O)c2cccc(OC(F)F)c2)c1C. The average Bonchev–Trinajstić information content (AvgIpc) is 2.62. The number of ether oxygens (including phenoxy) is 2. The van der Waals surface area contributed by atoms with Crippen molar-refractivity contribution in [3.63, 3.8) is 0 Å². The zero-order valence-corrected chi connectivity index (χ0v) is 15.1. The third kappa shape index (κ3) is 5.67. The summed E-state index contributed by atoms with van der Waals surface area (Å²) < 4.78 is 34.3. The van der Waals surface area contributed by atoms with Crippen LogP contribution >= 0.6 is 0 Å². The molecule has 0 saturated carbocycles. The molecule has 27 heavy (non-hydrogen) atoms. The minimum Gasteiger partial charge on any atom is -0.481 e. The summed E-state index contributed by atoms with van der Waals surface area (Å²) in [5, 5.41) is 0. The smallest absolute Gasteiger partial charge is 0.387 e. The number of hydrogen-bond acceptors (Lipinski definition) is 4. The first-order valence-electron chi connectivity index (χ1n) is 8.16. The van der Waals surface area contributed by atoms with Crippen molar-refractivity contribution in [3.05, 3.63) is 59.2 Å². The molecule has 0 fully saturated rings. The Balaban J connectivity index is 1.92. The summed E-state index contributed by atoms with van der Waals surface area (Å²) in [7, 11) is 0. The lowest BCUT2D eigenvalue weighted by Crippen LogP contribution is -2.47. The Morgan fingerprint density at radius 3 is 2.41 bits per heavy atom. The van der Waals surface area contributed by atoms with E-state index in [1.807, 2.05) is 26.0 Å². The van der Waals surface area contributed by atoms with Crippen molar-refractivity contribution >= 4 is 11.8 Å². The molecule has 1 unspecified atom stereocenters. The highest BCUT2D eigenvalue weighted by Gasteiger charge is 2.17. The van der Waals surface area contributed by atoms with Crippen LogP contribution in [0.5, 0.6) is 11.5 Å². The average molecular weight is 378 g/mol. The molecule has 0 spiro atoms. The van der Waals surface area contributed by atoms with Gasteiger partial charge in [0, 0.05) is 5.56 Å². The molecule has 2 aromatic rings. The molecule has 1 atom stereocenters. The normalized spacial score (nSPS) is 11.6. The van der Waals surface area contributed by atoms with Gasteiger partial charge in [-0.2, -0.15) is 8.78 Å². The van der Waals surface area contributed by atoms with Crippen molar-refractivity contribution in [2.75, 3.05) is 0 Å². The number of benzene rings is 2. The zero-order valence-electron chi connectivity index (χ0n) is 15.1. The predicted molar refractivity (Wildman–Crippen MR) is 94.7 cm³/mol. The highest BCUT2D eigenvalue weighted by atomic mass is 19.3. The molecule has 0 aliphatic carbocycles. The number of hydrazine groups is 1. The first kappa shape index (κ1) is 20.2. The molecular weight excluding hydrogens is 358 g/mol. The Kier molecular flexibility index (Phi) is 6.70. The largest absolute Gasteiger partial charge is 0.481 e. The van der Waals surface area contributed by atoms with Crippen molar-refractivity contribution in [2.24, 2.45) is 0 Å². The monoisotopic (exact) mass is 378 g/mol. The lowest BCUT2D eigenvalue weighted by molar-refractivity contribution is -0.128. The Morgan fingerprint density at radius 1 is 1.00 bits per heavy atom. The fraction of sp³-hybridized carbons (Fsp3) is 0.263. The molecule has 0 saturated heterocycles. The first-order chi connectivity index (χ1) is 12.8. The molecule has 0 heterocycles. The molecule has 0 aromatic heterocycles. The maximum absolute atomic E-state index is 12.2.